The lowest BCUT2D eigenvalue weighted by atomic mass is 9.96. The maximum atomic E-state index is 12.0. The molecule has 1 amide bonds. The van der Waals surface area contributed by atoms with Gasteiger partial charge in [0.2, 0.25) is 5.91 Å². The Balaban J connectivity index is 1.96. The van der Waals surface area contributed by atoms with Gasteiger partial charge in [-0.2, -0.15) is 0 Å². The molecular formula is C12H12N4OS. The van der Waals surface area contributed by atoms with Crippen molar-refractivity contribution in [3.8, 4) is 0 Å². The summed E-state index contributed by atoms with van der Waals surface area (Å²) >= 11 is 1.30. The molecule has 1 atom stereocenters. The topological polar surface area (TPSA) is 58.1 Å². The minimum absolute atomic E-state index is 0.00727. The summed E-state index contributed by atoms with van der Waals surface area (Å²) in [4.78, 5) is 13.7. The number of rotatable bonds is 2. The molecule has 0 saturated heterocycles. The predicted octanol–water partition coefficient (Wildman–Crippen LogP) is 2.06. The predicted molar refractivity (Wildman–Crippen MR) is 70.7 cm³/mol. The van der Waals surface area contributed by atoms with Crippen LogP contribution >= 0.6 is 11.5 Å². The van der Waals surface area contributed by atoms with Gasteiger partial charge in [0, 0.05) is 24.3 Å². The molecule has 92 valence electrons. The van der Waals surface area contributed by atoms with Crippen molar-refractivity contribution in [2.45, 2.75) is 12.5 Å². The number of carbonyl (C=O) groups excluding carboxylic acids is 1. The van der Waals surface area contributed by atoms with Gasteiger partial charge in [0.05, 0.1) is 18.7 Å². The molecular weight excluding hydrogens is 248 g/mol. The first-order chi connectivity index (χ1) is 8.75. The minimum Gasteiger partial charge on any atom is -0.367 e. The van der Waals surface area contributed by atoms with Crippen molar-refractivity contribution in [2.75, 3.05) is 17.3 Å². The van der Waals surface area contributed by atoms with Crippen molar-refractivity contribution in [3.63, 3.8) is 0 Å². The fourth-order valence-corrected chi connectivity index (χ4v) is 2.65. The lowest BCUT2D eigenvalue weighted by Crippen LogP contribution is -2.35. The zero-order chi connectivity index (χ0) is 12.5. The monoisotopic (exact) mass is 260 g/mol. The molecule has 1 aliphatic heterocycles. The Morgan fingerprint density at radius 1 is 1.44 bits per heavy atom. The maximum absolute atomic E-state index is 12.0. The van der Waals surface area contributed by atoms with E-state index in [9.17, 15) is 4.79 Å². The van der Waals surface area contributed by atoms with Crippen molar-refractivity contribution in [1.29, 1.82) is 0 Å². The van der Waals surface area contributed by atoms with Crippen molar-refractivity contribution in [2.24, 2.45) is 0 Å². The number of hydrogen-bond acceptors (Lipinski definition) is 5. The third-order valence-electron chi connectivity index (χ3n) is 3.10. The quantitative estimate of drug-likeness (QED) is 0.898. The fourth-order valence-electron chi connectivity index (χ4n) is 2.17. The Morgan fingerprint density at radius 3 is 3.06 bits per heavy atom. The average Bonchev–Trinajstić information content (AvgIpc) is 2.89. The van der Waals surface area contributed by atoms with Crippen LogP contribution < -0.4 is 10.2 Å². The second-order valence-electron chi connectivity index (χ2n) is 4.19. The van der Waals surface area contributed by atoms with E-state index in [0.717, 1.165) is 16.3 Å². The summed E-state index contributed by atoms with van der Waals surface area (Å²) in [5, 5.41) is 7.98. The summed E-state index contributed by atoms with van der Waals surface area (Å²) in [6.07, 6.45) is 2.13. The molecule has 0 saturated carbocycles. The van der Waals surface area contributed by atoms with Crippen LogP contribution in [0.15, 0.2) is 30.5 Å². The fraction of sp³-hybridized carbons (Fsp3) is 0.250. The molecule has 0 spiro atoms. The number of para-hydroxylation sites is 1. The van der Waals surface area contributed by atoms with Crippen LogP contribution in [0.3, 0.4) is 0 Å². The number of fused-ring (bicyclic) bond motifs is 1. The molecule has 6 heteroatoms. The molecule has 18 heavy (non-hydrogen) atoms. The Hall–Kier alpha value is -1.95. The van der Waals surface area contributed by atoms with E-state index in [-0.39, 0.29) is 11.9 Å². The van der Waals surface area contributed by atoms with E-state index in [1.807, 2.05) is 31.3 Å². The Morgan fingerprint density at radius 2 is 2.28 bits per heavy atom. The van der Waals surface area contributed by atoms with E-state index in [2.05, 4.69) is 14.9 Å². The van der Waals surface area contributed by atoms with Gasteiger partial charge in [0.15, 0.2) is 0 Å². The van der Waals surface area contributed by atoms with Gasteiger partial charge >= 0.3 is 0 Å². The number of amides is 1. The van der Waals surface area contributed by atoms with Gasteiger partial charge in [0.1, 0.15) is 5.00 Å². The summed E-state index contributed by atoms with van der Waals surface area (Å²) in [6, 6.07) is 7.93. The normalized spacial score (nSPS) is 18.6. The SMILES string of the molecule is CN1C(=O)CC(Nc2cnns2)c2ccccc21. The summed E-state index contributed by atoms with van der Waals surface area (Å²) in [7, 11) is 1.81. The lowest BCUT2D eigenvalue weighted by molar-refractivity contribution is -0.118. The molecule has 1 unspecified atom stereocenters. The molecule has 0 bridgehead atoms. The number of aromatic nitrogens is 2. The molecule has 5 nitrogen and oxygen atoms in total. The largest absolute Gasteiger partial charge is 0.367 e. The van der Waals surface area contributed by atoms with Crippen LogP contribution in [0.25, 0.3) is 0 Å². The first-order valence-corrected chi connectivity index (χ1v) is 6.42. The second kappa shape index (κ2) is 4.38. The number of anilines is 2. The third kappa shape index (κ3) is 1.84. The summed E-state index contributed by atoms with van der Waals surface area (Å²) < 4.78 is 3.81. The second-order valence-corrected chi connectivity index (χ2v) is 4.98. The van der Waals surface area contributed by atoms with E-state index in [4.69, 9.17) is 0 Å². The highest BCUT2D eigenvalue weighted by molar-refractivity contribution is 7.09. The van der Waals surface area contributed by atoms with Gasteiger partial charge in [-0.1, -0.05) is 22.7 Å². The van der Waals surface area contributed by atoms with Crippen LogP contribution in [0.1, 0.15) is 18.0 Å². The highest BCUT2D eigenvalue weighted by Crippen LogP contribution is 2.35. The highest BCUT2D eigenvalue weighted by atomic mass is 32.1. The summed E-state index contributed by atoms with van der Waals surface area (Å²) in [5.41, 5.74) is 2.09. The van der Waals surface area contributed by atoms with Crippen LogP contribution in [-0.4, -0.2) is 22.5 Å². The number of carbonyl (C=O) groups is 1. The van der Waals surface area contributed by atoms with Gasteiger partial charge < -0.3 is 10.2 Å². The number of nitrogens with one attached hydrogen (secondary N) is 1. The van der Waals surface area contributed by atoms with Crippen molar-refractivity contribution in [1.82, 2.24) is 9.59 Å². The van der Waals surface area contributed by atoms with Gasteiger partial charge in [-0.25, -0.2) is 0 Å². The van der Waals surface area contributed by atoms with Crippen LogP contribution in [0.4, 0.5) is 10.7 Å². The van der Waals surface area contributed by atoms with Gasteiger partial charge in [-0.15, -0.1) is 5.10 Å². The molecule has 0 aliphatic carbocycles. The number of nitrogens with zero attached hydrogens (tertiary/aromatic N) is 3. The minimum atomic E-state index is -0.00727. The lowest BCUT2D eigenvalue weighted by Gasteiger charge is -2.31. The Labute approximate surface area is 109 Å². The van der Waals surface area contributed by atoms with Gasteiger partial charge in [0.25, 0.3) is 0 Å². The smallest absolute Gasteiger partial charge is 0.229 e. The standard InChI is InChI=1S/C12H12N4OS/c1-16-10-5-3-2-4-8(10)9(6-12(16)17)14-11-7-13-15-18-11/h2-5,7,9,14H,6H2,1H3. The molecule has 2 aromatic rings. The molecule has 2 heterocycles. The first-order valence-electron chi connectivity index (χ1n) is 5.65. The van der Waals surface area contributed by atoms with Crippen LogP contribution in [0.2, 0.25) is 0 Å². The molecule has 0 fully saturated rings. The van der Waals surface area contributed by atoms with Crippen molar-refractivity contribution < 1.29 is 4.79 Å². The van der Waals surface area contributed by atoms with Gasteiger partial charge in [-0.3, -0.25) is 4.79 Å². The van der Waals surface area contributed by atoms with Gasteiger partial charge in [-0.05, 0) is 11.6 Å². The number of hydrogen-bond donors (Lipinski definition) is 1. The molecule has 0 radical (unpaired) electrons. The average molecular weight is 260 g/mol. The highest BCUT2D eigenvalue weighted by Gasteiger charge is 2.28. The Bertz CT molecular complexity index is 569. The molecule has 1 aliphatic rings. The van der Waals surface area contributed by atoms with E-state index < -0.39 is 0 Å². The van der Waals surface area contributed by atoms with E-state index >= 15 is 0 Å². The number of benzene rings is 1. The van der Waals surface area contributed by atoms with Crippen LogP contribution in [-0.2, 0) is 4.79 Å². The van der Waals surface area contributed by atoms with E-state index in [1.165, 1.54) is 11.5 Å². The molecule has 1 aromatic heterocycles. The molecule has 1 N–H and O–H groups in total. The molecule has 3 rings (SSSR count). The summed E-state index contributed by atoms with van der Waals surface area (Å²) in [6.45, 7) is 0. The molecule has 1 aromatic carbocycles. The summed E-state index contributed by atoms with van der Waals surface area (Å²) in [5.74, 6) is 0.115. The maximum Gasteiger partial charge on any atom is 0.229 e. The van der Waals surface area contributed by atoms with Crippen LogP contribution in [0, 0.1) is 0 Å². The zero-order valence-corrected chi connectivity index (χ0v) is 10.6. The Kier molecular flexibility index (Phi) is 2.71. The third-order valence-corrected chi connectivity index (χ3v) is 3.70. The van der Waals surface area contributed by atoms with Crippen molar-refractivity contribution >= 4 is 28.1 Å². The zero-order valence-electron chi connectivity index (χ0n) is 9.83. The van der Waals surface area contributed by atoms with E-state index in [1.54, 1.807) is 11.1 Å². The van der Waals surface area contributed by atoms with Crippen LogP contribution in [0.5, 0.6) is 0 Å². The van der Waals surface area contributed by atoms with E-state index in [0.29, 0.717) is 6.42 Å². The van der Waals surface area contributed by atoms with Crippen molar-refractivity contribution in [3.05, 3.63) is 36.0 Å². The first kappa shape index (κ1) is 11.2.